The van der Waals surface area contributed by atoms with Crippen LogP contribution >= 0.6 is 0 Å². The normalized spacial score (nSPS) is 15.2. The highest BCUT2D eigenvalue weighted by Gasteiger charge is 2.32. The molecule has 1 aliphatic heterocycles. The third-order valence-electron chi connectivity index (χ3n) is 5.49. The fourth-order valence-electron chi connectivity index (χ4n) is 4.14. The van der Waals surface area contributed by atoms with E-state index < -0.39 is 5.97 Å². The summed E-state index contributed by atoms with van der Waals surface area (Å²) in [4.78, 5) is 13.3. The van der Waals surface area contributed by atoms with Gasteiger partial charge in [-0.1, -0.05) is 24.3 Å². The maximum atomic E-state index is 11.0. The molecule has 2 heterocycles. The number of benzene rings is 2. The smallest absolute Gasteiger partial charge is 0.346 e. The van der Waals surface area contributed by atoms with Crippen molar-refractivity contribution in [2.75, 3.05) is 16.8 Å². The number of anilines is 2. The fraction of sp³-hybridized carbons (Fsp3) is 0.200. The minimum atomic E-state index is -1.28. The molecule has 0 radical (unpaired) electrons. The molecule has 0 saturated carbocycles. The molecule has 0 saturated heterocycles. The van der Waals surface area contributed by atoms with Gasteiger partial charge < -0.3 is 19.7 Å². The average Bonchev–Trinajstić information content (AvgIpc) is 3.18. The lowest BCUT2D eigenvalue weighted by molar-refractivity contribution is -0.132. The SMILES string of the molecule is CCN1c2cccc3c(/C=C/c4ccc(/C=C(/C#N)C(=O)O)o4)ccc(c23)NC1(C)C. The first-order valence-electron chi connectivity index (χ1n) is 10.1. The Morgan fingerprint density at radius 2 is 1.97 bits per heavy atom. The second-order valence-electron chi connectivity index (χ2n) is 7.88. The van der Waals surface area contributed by atoms with Crippen LogP contribution in [0.2, 0.25) is 0 Å². The summed E-state index contributed by atoms with van der Waals surface area (Å²) >= 11 is 0. The summed E-state index contributed by atoms with van der Waals surface area (Å²) in [7, 11) is 0. The van der Waals surface area contributed by atoms with Crippen LogP contribution in [-0.2, 0) is 4.79 Å². The highest BCUT2D eigenvalue weighted by Crippen LogP contribution is 2.42. The van der Waals surface area contributed by atoms with Crippen molar-refractivity contribution in [1.82, 2.24) is 0 Å². The van der Waals surface area contributed by atoms with Gasteiger partial charge in [0.2, 0.25) is 0 Å². The zero-order valence-electron chi connectivity index (χ0n) is 17.6. The molecule has 0 bridgehead atoms. The molecule has 3 aromatic rings. The van der Waals surface area contributed by atoms with Crippen molar-refractivity contribution in [3.63, 3.8) is 0 Å². The number of carboxylic acids is 1. The number of carbonyl (C=O) groups is 1. The molecule has 4 rings (SSSR count). The number of nitriles is 1. The summed E-state index contributed by atoms with van der Waals surface area (Å²) in [5.74, 6) is -0.387. The van der Waals surface area contributed by atoms with E-state index in [1.165, 1.54) is 17.1 Å². The Hall–Kier alpha value is -3.98. The van der Waals surface area contributed by atoms with E-state index in [0.717, 1.165) is 23.2 Å². The van der Waals surface area contributed by atoms with Crippen LogP contribution in [0.15, 0.2) is 52.5 Å². The van der Waals surface area contributed by atoms with Gasteiger partial charge in [-0.25, -0.2) is 4.79 Å². The van der Waals surface area contributed by atoms with E-state index in [0.29, 0.717) is 11.5 Å². The first kappa shape index (κ1) is 20.3. The standard InChI is InChI=1S/C25H23N3O3/c1-4-28-22-7-5-6-20-16(9-13-21(23(20)22)27-25(28,2)3)8-10-18-11-12-19(31-18)14-17(15-26)24(29)30/h5-14,27H,4H2,1-3H3,(H,29,30)/b10-8+,17-14-. The minimum absolute atomic E-state index is 0.177. The third-order valence-corrected chi connectivity index (χ3v) is 5.49. The Kier molecular flexibility index (Phi) is 5.04. The Labute approximate surface area is 180 Å². The molecule has 0 unspecified atom stereocenters. The van der Waals surface area contributed by atoms with Gasteiger partial charge in [0, 0.05) is 29.4 Å². The monoisotopic (exact) mass is 413 g/mol. The van der Waals surface area contributed by atoms with Gasteiger partial charge in [0.25, 0.3) is 0 Å². The van der Waals surface area contributed by atoms with Gasteiger partial charge >= 0.3 is 5.97 Å². The van der Waals surface area contributed by atoms with Crippen molar-refractivity contribution >= 4 is 46.3 Å². The predicted octanol–water partition coefficient (Wildman–Crippen LogP) is 5.58. The van der Waals surface area contributed by atoms with Crippen LogP contribution < -0.4 is 10.2 Å². The Bertz CT molecular complexity index is 1270. The second kappa shape index (κ2) is 7.69. The largest absolute Gasteiger partial charge is 0.477 e. The minimum Gasteiger partial charge on any atom is -0.477 e. The third kappa shape index (κ3) is 3.66. The van der Waals surface area contributed by atoms with Crippen LogP contribution in [-0.4, -0.2) is 23.3 Å². The van der Waals surface area contributed by atoms with Gasteiger partial charge in [-0.15, -0.1) is 0 Å². The summed E-state index contributed by atoms with van der Waals surface area (Å²) < 4.78 is 5.64. The molecule has 1 aliphatic rings. The Morgan fingerprint density at radius 1 is 1.19 bits per heavy atom. The number of rotatable bonds is 5. The topological polar surface area (TPSA) is 89.5 Å². The lowest BCUT2D eigenvalue weighted by atomic mass is 9.95. The van der Waals surface area contributed by atoms with E-state index in [2.05, 4.69) is 61.3 Å². The molecule has 0 spiro atoms. The maximum Gasteiger partial charge on any atom is 0.346 e. The zero-order chi connectivity index (χ0) is 22.2. The van der Waals surface area contributed by atoms with Crippen LogP contribution in [0.3, 0.4) is 0 Å². The predicted molar refractivity (Wildman–Crippen MR) is 124 cm³/mol. The molecular formula is C25H23N3O3. The van der Waals surface area contributed by atoms with Crippen LogP contribution in [0.5, 0.6) is 0 Å². The van der Waals surface area contributed by atoms with E-state index in [9.17, 15) is 4.79 Å². The molecular weight excluding hydrogens is 390 g/mol. The van der Waals surface area contributed by atoms with Crippen molar-refractivity contribution < 1.29 is 14.3 Å². The lowest BCUT2D eigenvalue weighted by Crippen LogP contribution is -2.52. The molecule has 2 aromatic carbocycles. The number of hydrogen-bond donors (Lipinski definition) is 2. The lowest BCUT2D eigenvalue weighted by Gasteiger charge is -2.45. The van der Waals surface area contributed by atoms with Crippen molar-refractivity contribution in [1.29, 1.82) is 5.26 Å². The van der Waals surface area contributed by atoms with Crippen molar-refractivity contribution in [3.8, 4) is 6.07 Å². The number of nitrogens with one attached hydrogen (secondary N) is 1. The van der Waals surface area contributed by atoms with Crippen LogP contribution in [0.4, 0.5) is 11.4 Å². The van der Waals surface area contributed by atoms with Gasteiger partial charge in [-0.2, -0.15) is 5.26 Å². The van der Waals surface area contributed by atoms with Gasteiger partial charge in [-0.05, 0) is 62.1 Å². The maximum absolute atomic E-state index is 11.0. The molecule has 0 aliphatic carbocycles. The van der Waals surface area contributed by atoms with Crippen molar-refractivity contribution in [3.05, 3.63) is 65.1 Å². The molecule has 6 nitrogen and oxygen atoms in total. The molecule has 156 valence electrons. The summed E-state index contributed by atoms with van der Waals surface area (Å²) in [6.07, 6.45) is 5.04. The molecule has 0 atom stereocenters. The summed E-state index contributed by atoms with van der Waals surface area (Å²) in [5, 5.41) is 23.8. The van der Waals surface area contributed by atoms with Crippen molar-refractivity contribution in [2.24, 2.45) is 0 Å². The molecule has 1 aromatic heterocycles. The quantitative estimate of drug-likeness (QED) is 0.419. The molecule has 2 N–H and O–H groups in total. The van der Waals surface area contributed by atoms with E-state index in [-0.39, 0.29) is 11.2 Å². The van der Waals surface area contributed by atoms with E-state index in [1.54, 1.807) is 18.2 Å². The Balaban J connectivity index is 1.71. The second-order valence-corrected chi connectivity index (χ2v) is 7.88. The Morgan fingerprint density at radius 3 is 2.68 bits per heavy atom. The first-order chi connectivity index (χ1) is 14.8. The van der Waals surface area contributed by atoms with Crippen LogP contribution in [0.25, 0.3) is 29.0 Å². The number of aliphatic carboxylic acids is 1. The summed E-state index contributed by atoms with van der Waals surface area (Å²) in [5.41, 5.74) is 2.82. The highest BCUT2D eigenvalue weighted by atomic mass is 16.4. The number of hydrogen-bond acceptors (Lipinski definition) is 5. The number of nitrogens with zero attached hydrogens (tertiary/aromatic N) is 2. The van der Waals surface area contributed by atoms with Crippen molar-refractivity contribution in [2.45, 2.75) is 26.4 Å². The number of furan rings is 1. The van der Waals surface area contributed by atoms with Gasteiger partial charge in [-0.3, -0.25) is 0 Å². The molecule has 6 heteroatoms. The highest BCUT2D eigenvalue weighted by molar-refractivity contribution is 6.09. The average molecular weight is 413 g/mol. The van der Waals surface area contributed by atoms with Crippen LogP contribution in [0.1, 0.15) is 37.9 Å². The van der Waals surface area contributed by atoms with Gasteiger partial charge in [0.1, 0.15) is 28.8 Å². The van der Waals surface area contributed by atoms with Gasteiger partial charge in [0.05, 0.1) is 0 Å². The molecule has 0 amide bonds. The van der Waals surface area contributed by atoms with Crippen LogP contribution in [0, 0.1) is 11.3 Å². The fourth-order valence-corrected chi connectivity index (χ4v) is 4.14. The first-order valence-corrected chi connectivity index (χ1v) is 10.1. The zero-order valence-corrected chi connectivity index (χ0v) is 17.6. The molecule has 31 heavy (non-hydrogen) atoms. The molecule has 0 fully saturated rings. The number of carboxylic acid groups (broad SMARTS) is 1. The van der Waals surface area contributed by atoms with E-state index in [4.69, 9.17) is 14.8 Å². The van der Waals surface area contributed by atoms with E-state index in [1.807, 2.05) is 12.2 Å². The summed E-state index contributed by atoms with van der Waals surface area (Å²) in [6, 6.07) is 15.6. The van der Waals surface area contributed by atoms with Gasteiger partial charge in [0.15, 0.2) is 0 Å². The van der Waals surface area contributed by atoms with E-state index >= 15 is 0 Å². The summed E-state index contributed by atoms with van der Waals surface area (Å²) in [6.45, 7) is 7.40.